The predicted octanol–water partition coefficient (Wildman–Crippen LogP) is 1.29. The molecule has 1 amide bonds. The summed E-state index contributed by atoms with van der Waals surface area (Å²) in [5.74, 6) is -0.384. The Kier molecular flexibility index (Phi) is 7.10. The Morgan fingerprint density at radius 3 is 2.56 bits per heavy atom. The summed E-state index contributed by atoms with van der Waals surface area (Å²) < 4.78 is 33.7. The van der Waals surface area contributed by atoms with Crippen molar-refractivity contribution in [3.05, 3.63) is 34.9 Å². The number of ether oxygens (including phenoxy) is 1. The third-order valence-electron chi connectivity index (χ3n) is 5.00. The summed E-state index contributed by atoms with van der Waals surface area (Å²) in [6.45, 7) is 2.81. The van der Waals surface area contributed by atoms with Crippen molar-refractivity contribution >= 4 is 27.7 Å². The molecule has 1 aromatic carbocycles. The highest BCUT2D eigenvalue weighted by molar-refractivity contribution is 7.86. The van der Waals surface area contributed by atoms with Crippen LogP contribution in [0, 0.1) is 5.92 Å². The Labute approximate surface area is 165 Å². The van der Waals surface area contributed by atoms with Gasteiger partial charge in [0.05, 0.1) is 19.1 Å². The number of benzene rings is 1. The highest BCUT2D eigenvalue weighted by Crippen LogP contribution is 2.22. The van der Waals surface area contributed by atoms with Crippen molar-refractivity contribution in [2.75, 3.05) is 45.9 Å². The van der Waals surface area contributed by atoms with Gasteiger partial charge in [0.15, 0.2) is 0 Å². The molecule has 0 spiro atoms. The van der Waals surface area contributed by atoms with E-state index in [1.54, 1.807) is 0 Å². The molecule has 0 aromatic heterocycles. The van der Waals surface area contributed by atoms with Crippen LogP contribution in [-0.4, -0.2) is 68.9 Å². The third-order valence-corrected chi connectivity index (χ3v) is 7.26. The van der Waals surface area contributed by atoms with Crippen LogP contribution in [0.25, 0.3) is 0 Å². The number of carbonyl (C=O) groups is 1. The van der Waals surface area contributed by atoms with E-state index in [4.69, 9.17) is 16.3 Å². The molecule has 0 saturated carbocycles. The van der Waals surface area contributed by atoms with Gasteiger partial charge in [-0.1, -0.05) is 23.7 Å². The highest BCUT2D eigenvalue weighted by Gasteiger charge is 2.36. The van der Waals surface area contributed by atoms with Gasteiger partial charge in [-0.15, -0.1) is 0 Å². The summed E-state index contributed by atoms with van der Waals surface area (Å²) in [6, 6.07) is 7.53. The molecule has 0 unspecified atom stereocenters. The van der Waals surface area contributed by atoms with Crippen LogP contribution < -0.4 is 5.32 Å². The maximum atomic E-state index is 12.8. The lowest BCUT2D eigenvalue weighted by atomic mass is 9.99. The lowest BCUT2D eigenvalue weighted by molar-refractivity contribution is -0.126. The molecule has 2 heterocycles. The molecule has 2 fully saturated rings. The topological polar surface area (TPSA) is 79.0 Å². The van der Waals surface area contributed by atoms with Crippen molar-refractivity contribution < 1.29 is 17.9 Å². The Morgan fingerprint density at radius 2 is 1.85 bits per heavy atom. The molecule has 2 saturated heterocycles. The number of nitrogens with zero attached hydrogens (tertiary/aromatic N) is 2. The molecule has 9 heteroatoms. The Morgan fingerprint density at radius 1 is 1.15 bits per heavy atom. The molecular weight excluding hydrogens is 390 g/mol. The third kappa shape index (κ3) is 5.42. The summed E-state index contributed by atoms with van der Waals surface area (Å²) in [6.07, 6.45) is 2.12. The lowest BCUT2D eigenvalue weighted by Crippen LogP contribution is -2.53. The van der Waals surface area contributed by atoms with E-state index in [1.165, 1.54) is 8.61 Å². The minimum absolute atomic E-state index is 0.0779. The zero-order chi connectivity index (χ0) is 19.3. The van der Waals surface area contributed by atoms with E-state index in [0.717, 1.165) is 5.56 Å². The lowest BCUT2D eigenvalue weighted by Gasteiger charge is -2.36. The molecule has 0 bridgehead atoms. The van der Waals surface area contributed by atoms with Gasteiger partial charge in [0.1, 0.15) is 0 Å². The van der Waals surface area contributed by atoms with Crippen LogP contribution in [0.1, 0.15) is 18.4 Å². The minimum atomic E-state index is -3.52. The molecular formula is C18H26ClN3O4S. The van der Waals surface area contributed by atoms with E-state index in [9.17, 15) is 13.2 Å². The molecule has 3 rings (SSSR count). The van der Waals surface area contributed by atoms with Crippen LogP contribution in [0.5, 0.6) is 0 Å². The zero-order valence-corrected chi connectivity index (χ0v) is 16.8. The van der Waals surface area contributed by atoms with E-state index in [1.807, 2.05) is 24.3 Å². The first-order valence-electron chi connectivity index (χ1n) is 9.32. The van der Waals surface area contributed by atoms with Gasteiger partial charge in [-0.25, -0.2) is 0 Å². The van der Waals surface area contributed by atoms with Crippen LogP contribution >= 0.6 is 11.6 Å². The van der Waals surface area contributed by atoms with E-state index in [2.05, 4.69) is 5.32 Å². The summed E-state index contributed by atoms with van der Waals surface area (Å²) in [7, 11) is -3.52. The van der Waals surface area contributed by atoms with Crippen molar-refractivity contribution in [1.82, 2.24) is 13.9 Å². The standard InChI is InChI=1S/C18H26ClN3O4S/c19-17-5-3-15(4-6-17)7-8-20-18(23)16-2-1-9-22(14-16)27(24,25)21-10-12-26-13-11-21/h3-6,16H,1-2,7-14H2,(H,20,23)/t16-/m0/s1. The van der Waals surface area contributed by atoms with E-state index in [0.29, 0.717) is 63.7 Å². The second-order valence-corrected chi connectivity index (χ2v) is 9.25. The van der Waals surface area contributed by atoms with Gasteiger partial charge in [-0.05, 0) is 37.0 Å². The van der Waals surface area contributed by atoms with E-state index >= 15 is 0 Å². The van der Waals surface area contributed by atoms with Gasteiger partial charge in [0.2, 0.25) is 5.91 Å². The normalized spacial score (nSPS) is 22.5. The molecule has 1 N–H and O–H groups in total. The van der Waals surface area contributed by atoms with Crippen molar-refractivity contribution in [2.45, 2.75) is 19.3 Å². The zero-order valence-electron chi connectivity index (χ0n) is 15.3. The summed E-state index contributed by atoms with van der Waals surface area (Å²) in [5.41, 5.74) is 1.10. The average Bonchev–Trinajstić information content (AvgIpc) is 2.70. The Hall–Kier alpha value is -1.19. The molecule has 2 aliphatic rings. The average molecular weight is 416 g/mol. The first-order valence-corrected chi connectivity index (χ1v) is 11.1. The Bertz CT molecular complexity index is 735. The van der Waals surface area contributed by atoms with Crippen molar-refractivity contribution in [3.63, 3.8) is 0 Å². The van der Waals surface area contributed by atoms with Gasteiger partial charge in [-0.2, -0.15) is 17.0 Å². The number of piperidine rings is 1. The predicted molar refractivity (Wildman–Crippen MR) is 104 cm³/mol. The van der Waals surface area contributed by atoms with Crippen LogP contribution in [0.4, 0.5) is 0 Å². The molecule has 0 aliphatic carbocycles. The number of hydrogen-bond acceptors (Lipinski definition) is 4. The quantitative estimate of drug-likeness (QED) is 0.759. The van der Waals surface area contributed by atoms with Crippen LogP contribution in [0.15, 0.2) is 24.3 Å². The second-order valence-electron chi connectivity index (χ2n) is 6.88. The first kappa shape index (κ1) is 20.5. The van der Waals surface area contributed by atoms with Crippen LogP contribution in [0.3, 0.4) is 0 Å². The number of rotatable bonds is 6. The second kappa shape index (κ2) is 9.34. The summed E-state index contributed by atoms with van der Waals surface area (Å²) in [5, 5.41) is 3.63. The van der Waals surface area contributed by atoms with Crippen molar-refractivity contribution in [2.24, 2.45) is 5.92 Å². The molecule has 2 aliphatic heterocycles. The van der Waals surface area contributed by atoms with Gasteiger partial charge in [-0.3, -0.25) is 4.79 Å². The van der Waals surface area contributed by atoms with E-state index < -0.39 is 10.2 Å². The molecule has 0 radical (unpaired) electrons. The fourth-order valence-corrected chi connectivity index (χ4v) is 5.22. The van der Waals surface area contributed by atoms with Gasteiger partial charge >= 0.3 is 0 Å². The molecule has 1 atom stereocenters. The fourth-order valence-electron chi connectivity index (χ4n) is 3.43. The smallest absolute Gasteiger partial charge is 0.282 e. The van der Waals surface area contributed by atoms with Crippen LogP contribution in [-0.2, 0) is 26.2 Å². The maximum Gasteiger partial charge on any atom is 0.282 e. The number of morpholine rings is 1. The first-order chi connectivity index (χ1) is 13.0. The number of hydrogen-bond donors (Lipinski definition) is 1. The Balaban J connectivity index is 1.50. The van der Waals surface area contributed by atoms with E-state index in [-0.39, 0.29) is 18.4 Å². The fraction of sp³-hybridized carbons (Fsp3) is 0.611. The molecule has 150 valence electrons. The number of halogens is 1. The van der Waals surface area contributed by atoms with Gasteiger partial charge in [0, 0.05) is 37.7 Å². The van der Waals surface area contributed by atoms with Gasteiger partial charge in [0.25, 0.3) is 10.2 Å². The number of carbonyl (C=O) groups excluding carboxylic acids is 1. The van der Waals surface area contributed by atoms with Gasteiger partial charge < -0.3 is 10.1 Å². The summed E-state index contributed by atoms with van der Waals surface area (Å²) >= 11 is 5.87. The molecule has 27 heavy (non-hydrogen) atoms. The van der Waals surface area contributed by atoms with Crippen molar-refractivity contribution in [1.29, 1.82) is 0 Å². The molecule has 7 nitrogen and oxygen atoms in total. The highest BCUT2D eigenvalue weighted by atomic mass is 35.5. The molecule has 1 aromatic rings. The minimum Gasteiger partial charge on any atom is -0.379 e. The van der Waals surface area contributed by atoms with Crippen molar-refractivity contribution in [3.8, 4) is 0 Å². The SMILES string of the molecule is O=C(NCCc1ccc(Cl)cc1)[C@H]1CCCN(S(=O)(=O)N2CCOCC2)C1. The summed E-state index contributed by atoms with van der Waals surface area (Å²) in [4.78, 5) is 12.5. The monoisotopic (exact) mass is 415 g/mol. The number of amides is 1. The largest absolute Gasteiger partial charge is 0.379 e. The number of nitrogens with one attached hydrogen (secondary N) is 1. The maximum absolute atomic E-state index is 12.8. The van der Waals surface area contributed by atoms with Crippen LogP contribution in [0.2, 0.25) is 5.02 Å².